The standard InChI is InChI=1S/C25H23F2N5O2/c1-16-22-23(33)21(15-29(2)24(22)32(28-16)20-9-5-18(27)6-10-20)25(34)31-13-11-30(12-14-31)19-7-3-17(26)4-8-19/h3-10,15H,11-14H2,1-2H3. The molecule has 0 unspecified atom stereocenters. The molecule has 0 N–H and O–H groups in total. The Morgan fingerprint density at radius 1 is 0.882 bits per heavy atom. The van der Waals surface area contributed by atoms with E-state index in [2.05, 4.69) is 10.00 Å². The zero-order chi connectivity index (χ0) is 24.0. The second-order valence-electron chi connectivity index (χ2n) is 8.41. The molecule has 2 aromatic carbocycles. The molecule has 4 aromatic rings. The molecule has 0 aliphatic carbocycles. The van der Waals surface area contributed by atoms with Crippen molar-refractivity contribution in [2.24, 2.45) is 7.05 Å². The van der Waals surface area contributed by atoms with E-state index in [1.54, 1.807) is 58.6 Å². The van der Waals surface area contributed by atoms with Gasteiger partial charge in [-0.2, -0.15) is 5.10 Å². The van der Waals surface area contributed by atoms with Crippen molar-refractivity contribution in [1.29, 1.82) is 0 Å². The van der Waals surface area contributed by atoms with Gasteiger partial charge in [-0.05, 0) is 55.5 Å². The van der Waals surface area contributed by atoms with Gasteiger partial charge in [0.2, 0.25) is 5.43 Å². The molecule has 9 heteroatoms. The largest absolute Gasteiger partial charge is 0.368 e. The van der Waals surface area contributed by atoms with Crippen LogP contribution in [0.3, 0.4) is 0 Å². The number of pyridine rings is 1. The molecule has 5 rings (SSSR count). The van der Waals surface area contributed by atoms with E-state index in [1.165, 1.54) is 24.3 Å². The molecule has 0 atom stereocenters. The highest BCUT2D eigenvalue weighted by Crippen LogP contribution is 2.21. The SMILES string of the molecule is Cc1nn(-c2ccc(F)cc2)c2c1c(=O)c(C(=O)N1CCN(c3ccc(F)cc3)CC1)cn2C. The quantitative estimate of drug-likeness (QED) is 0.468. The molecule has 1 amide bonds. The number of nitrogens with zero attached hydrogens (tertiary/aromatic N) is 5. The summed E-state index contributed by atoms with van der Waals surface area (Å²) in [5.41, 5.74) is 2.26. The third-order valence-corrected chi connectivity index (χ3v) is 6.22. The number of piperazine rings is 1. The first kappa shape index (κ1) is 21.8. The molecule has 0 radical (unpaired) electrons. The predicted octanol–water partition coefficient (Wildman–Crippen LogP) is 3.27. The van der Waals surface area contributed by atoms with E-state index in [0.29, 0.717) is 48.6 Å². The first-order valence-corrected chi connectivity index (χ1v) is 11.0. The molecule has 2 aromatic heterocycles. The number of carbonyl (C=O) groups excluding carboxylic acids is 1. The van der Waals surface area contributed by atoms with Crippen molar-refractivity contribution in [2.45, 2.75) is 6.92 Å². The van der Waals surface area contributed by atoms with E-state index in [4.69, 9.17) is 0 Å². The van der Waals surface area contributed by atoms with Crippen LogP contribution in [0.25, 0.3) is 16.7 Å². The third-order valence-electron chi connectivity index (χ3n) is 6.22. The summed E-state index contributed by atoms with van der Waals surface area (Å²) in [5.74, 6) is -0.977. The van der Waals surface area contributed by atoms with Gasteiger partial charge in [0.25, 0.3) is 5.91 Å². The summed E-state index contributed by atoms with van der Waals surface area (Å²) in [6, 6.07) is 12.1. The Hall–Kier alpha value is -4.01. The third kappa shape index (κ3) is 3.72. The topological polar surface area (TPSA) is 63.4 Å². The lowest BCUT2D eigenvalue weighted by Crippen LogP contribution is -2.49. The van der Waals surface area contributed by atoms with Crippen molar-refractivity contribution in [3.05, 3.63) is 87.8 Å². The fourth-order valence-corrected chi connectivity index (χ4v) is 4.46. The molecule has 1 fully saturated rings. The number of hydrogen-bond acceptors (Lipinski definition) is 4. The molecule has 0 saturated carbocycles. The van der Waals surface area contributed by atoms with Gasteiger partial charge in [0.1, 0.15) is 22.8 Å². The Morgan fingerprint density at radius 3 is 2.03 bits per heavy atom. The van der Waals surface area contributed by atoms with E-state index in [1.807, 2.05) is 0 Å². The summed E-state index contributed by atoms with van der Waals surface area (Å²) in [7, 11) is 1.76. The van der Waals surface area contributed by atoms with Crippen LogP contribution in [0.4, 0.5) is 14.5 Å². The van der Waals surface area contributed by atoms with Gasteiger partial charge >= 0.3 is 0 Å². The minimum absolute atomic E-state index is 0.0898. The summed E-state index contributed by atoms with van der Waals surface area (Å²) >= 11 is 0. The zero-order valence-corrected chi connectivity index (χ0v) is 18.8. The molecular weight excluding hydrogens is 440 g/mol. The van der Waals surface area contributed by atoms with Crippen molar-refractivity contribution in [3.63, 3.8) is 0 Å². The molecular formula is C25H23F2N5O2. The van der Waals surface area contributed by atoms with Gasteiger partial charge in [-0.15, -0.1) is 0 Å². The monoisotopic (exact) mass is 463 g/mol. The number of rotatable bonds is 3. The molecule has 174 valence electrons. The second kappa shape index (κ2) is 8.40. The van der Waals surface area contributed by atoms with Crippen LogP contribution in [0.15, 0.2) is 59.5 Å². The van der Waals surface area contributed by atoms with E-state index < -0.39 is 0 Å². The van der Waals surface area contributed by atoms with Crippen LogP contribution in [0, 0.1) is 18.6 Å². The number of anilines is 1. The Labute approximate surface area is 194 Å². The van der Waals surface area contributed by atoms with E-state index >= 15 is 0 Å². The zero-order valence-electron chi connectivity index (χ0n) is 18.8. The minimum Gasteiger partial charge on any atom is -0.368 e. The number of aromatic nitrogens is 3. The summed E-state index contributed by atoms with van der Waals surface area (Å²) in [4.78, 5) is 30.4. The minimum atomic E-state index is -0.370. The Kier molecular flexibility index (Phi) is 5.39. The Morgan fingerprint density at radius 2 is 1.44 bits per heavy atom. The van der Waals surface area contributed by atoms with Crippen LogP contribution in [0.1, 0.15) is 16.1 Å². The van der Waals surface area contributed by atoms with Gasteiger partial charge in [0.05, 0.1) is 16.8 Å². The lowest BCUT2D eigenvalue weighted by Gasteiger charge is -2.36. The van der Waals surface area contributed by atoms with E-state index in [9.17, 15) is 18.4 Å². The van der Waals surface area contributed by atoms with E-state index in [0.717, 1.165) is 5.69 Å². The maximum absolute atomic E-state index is 13.4. The Bertz CT molecular complexity index is 1430. The van der Waals surface area contributed by atoms with Crippen LogP contribution >= 0.6 is 0 Å². The Balaban J connectivity index is 1.44. The first-order valence-electron chi connectivity index (χ1n) is 11.0. The number of aryl methyl sites for hydroxylation is 2. The number of hydrogen-bond donors (Lipinski definition) is 0. The highest BCUT2D eigenvalue weighted by molar-refractivity contribution is 5.97. The number of benzene rings is 2. The molecule has 0 spiro atoms. The smallest absolute Gasteiger partial charge is 0.259 e. The van der Waals surface area contributed by atoms with Crippen molar-refractivity contribution in [1.82, 2.24) is 19.2 Å². The van der Waals surface area contributed by atoms with Crippen LogP contribution in [-0.2, 0) is 7.05 Å². The van der Waals surface area contributed by atoms with Gasteiger partial charge in [0.15, 0.2) is 0 Å². The number of halogens is 2. The maximum atomic E-state index is 13.4. The molecule has 1 aliphatic rings. The molecule has 1 saturated heterocycles. The van der Waals surface area contributed by atoms with Crippen LogP contribution in [-0.4, -0.2) is 51.3 Å². The fraction of sp³-hybridized carbons (Fsp3) is 0.240. The summed E-state index contributed by atoms with van der Waals surface area (Å²) < 4.78 is 29.9. The summed E-state index contributed by atoms with van der Waals surface area (Å²) in [6.45, 7) is 3.79. The summed E-state index contributed by atoms with van der Waals surface area (Å²) in [6.07, 6.45) is 1.54. The van der Waals surface area contributed by atoms with E-state index in [-0.39, 0.29) is 28.5 Å². The predicted molar refractivity (Wildman–Crippen MR) is 126 cm³/mol. The summed E-state index contributed by atoms with van der Waals surface area (Å²) in [5, 5.41) is 4.85. The lowest BCUT2D eigenvalue weighted by molar-refractivity contribution is 0.0745. The van der Waals surface area contributed by atoms with Gasteiger partial charge in [-0.3, -0.25) is 9.59 Å². The molecule has 7 nitrogen and oxygen atoms in total. The fourth-order valence-electron chi connectivity index (χ4n) is 4.46. The lowest BCUT2D eigenvalue weighted by atomic mass is 10.1. The molecule has 3 heterocycles. The number of fused-ring (bicyclic) bond motifs is 1. The highest BCUT2D eigenvalue weighted by Gasteiger charge is 2.27. The average molecular weight is 463 g/mol. The normalized spacial score (nSPS) is 14.1. The first-order chi connectivity index (χ1) is 16.3. The molecule has 34 heavy (non-hydrogen) atoms. The number of amides is 1. The number of carbonyl (C=O) groups is 1. The highest BCUT2D eigenvalue weighted by atomic mass is 19.1. The van der Waals surface area contributed by atoms with Crippen LogP contribution in [0.5, 0.6) is 0 Å². The maximum Gasteiger partial charge on any atom is 0.259 e. The van der Waals surface area contributed by atoms with Gasteiger partial charge in [0, 0.05) is 45.1 Å². The van der Waals surface area contributed by atoms with Crippen LogP contribution < -0.4 is 10.3 Å². The van der Waals surface area contributed by atoms with Crippen molar-refractivity contribution in [2.75, 3.05) is 31.1 Å². The second-order valence-corrected chi connectivity index (χ2v) is 8.41. The average Bonchev–Trinajstić information content (AvgIpc) is 3.20. The van der Waals surface area contributed by atoms with Crippen LogP contribution in [0.2, 0.25) is 0 Å². The van der Waals surface area contributed by atoms with Crippen molar-refractivity contribution in [3.8, 4) is 5.69 Å². The van der Waals surface area contributed by atoms with Gasteiger partial charge in [-0.1, -0.05) is 0 Å². The van der Waals surface area contributed by atoms with Crippen molar-refractivity contribution < 1.29 is 13.6 Å². The van der Waals surface area contributed by atoms with Gasteiger partial charge < -0.3 is 14.4 Å². The molecule has 0 bridgehead atoms. The molecule has 1 aliphatic heterocycles. The van der Waals surface area contributed by atoms with Gasteiger partial charge in [-0.25, -0.2) is 13.5 Å². The van der Waals surface area contributed by atoms with Crippen molar-refractivity contribution >= 4 is 22.6 Å².